The first kappa shape index (κ1) is 11.5. The van der Waals surface area contributed by atoms with Gasteiger partial charge >= 0.3 is 0 Å². The predicted octanol–water partition coefficient (Wildman–Crippen LogP) is 1.70. The summed E-state index contributed by atoms with van der Waals surface area (Å²) in [6, 6.07) is 1.83. The molecule has 4 N–H and O–H groups in total. The number of nitrogens with two attached hydrogens (primary N) is 1. The van der Waals surface area contributed by atoms with Crippen LogP contribution in [0.4, 0.5) is 11.6 Å². The Balaban J connectivity index is 2.00. The van der Waals surface area contributed by atoms with E-state index in [-0.39, 0.29) is 0 Å². The van der Waals surface area contributed by atoms with Crippen LogP contribution in [0, 0.1) is 5.92 Å². The summed E-state index contributed by atoms with van der Waals surface area (Å²) in [5, 5.41) is 4.06. The zero-order valence-electron chi connectivity index (χ0n) is 9.36. The molecule has 0 unspecified atom stereocenters. The standard InChI is InChI=1S/C10H17N5S/c1-16-10-13-8(5-9(14-10)15-11)12-6-7-3-2-4-7/h5,7H,2-4,6,11H2,1H3,(H2,12,13,14,15). The summed E-state index contributed by atoms with van der Waals surface area (Å²) in [5.74, 6) is 7.66. The number of nitrogens with zero attached hydrogens (tertiary/aromatic N) is 2. The van der Waals surface area contributed by atoms with Crippen LogP contribution >= 0.6 is 11.8 Å². The van der Waals surface area contributed by atoms with Gasteiger partial charge in [0.15, 0.2) is 5.16 Å². The highest BCUT2D eigenvalue weighted by Crippen LogP contribution is 2.26. The fourth-order valence-corrected chi connectivity index (χ4v) is 2.01. The van der Waals surface area contributed by atoms with E-state index < -0.39 is 0 Å². The highest BCUT2D eigenvalue weighted by Gasteiger charge is 2.17. The third kappa shape index (κ3) is 2.76. The summed E-state index contributed by atoms with van der Waals surface area (Å²) < 4.78 is 0. The predicted molar refractivity (Wildman–Crippen MR) is 67.5 cm³/mol. The van der Waals surface area contributed by atoms with Crippen molar-refractivity contribution in [1.29, 1.82) is 0 Å². The van der Waals surface area contributed by atoms with Crippen LogP contribution in [-0.4, -0.2) is 22.8 Å². The van der Waals surface area contributed by atoms with Gasteiger partial charge in [-0.3, -0.25) is 0 Å². The monoisotopic (exact) mass is 239 g/mol. The lowest BCUT2D eigenvalue weighted by Crippen LogP contribution is -2.21. The van der Waals surface area contributed by atoms with Gasteiger partial charge in [-0.2, -0.15) is 0 Å². The maximum absolute atomic E-state index is 5.36. The highest BCUT2D eigenvalue weighted by atomic mass is 32.2. The molecule has 1 aliphatic rings. The van der Waals surface area contributed by atoms with Crippen molar-refractivity contribution in [3.63, 3.8) is 0 Å². The lowest BCUT2D eigenvalue weighted by molar-refractivity contribution is 0.333. The molecule has 0 aromatic carbocycles. The molecule has 0 atom stereocenters. The normalized spacial score (nSPS) is 15.6. The zero-order chi connectivity index (χ0) is 11.4. The molecule has 6 heteroatoms. The maximum Gasteiger partial charge on any atom is 0.191 e. The van der Waals surface area contributed by atoms with Crippen LogP contribution in [0.3, 0.4) is 0 Å². The average Bonchev–Trinajstić information content (AvgIpc) is 2.26. The first-order valence-electron chi connectivity index (χ1n) is 5.45. The molecule has 0 amide bonds. The van der Waals surface area contributed by atoms with E-state index in [0.717, 1.165) is 23.4 Å². The molecule has 1 heterocycles. The van der Waals surface area contributed by atoms with Crippen molar-refractivity contribution < 1.29 is 0 Å². The van der Waals surface area contributed by atoms with Crippen molar-refractivity contribution in [3.8, 4) is 0 Å². The van der Waals surface area contributed by atoms with E-state index in [2.05, 4.69) is 20.7 Å². The average molecular weight is 239 g/mol. The quantitative estimate of drug-likeness (QED) is 0.314. The number of aromatic nitrogens is 2. The molecule has 1 aromatic heterocycles. The maximum atomic E-state index is 5.36. The van der Waals surface area contributed by atoms with Gasteiger partial charge in [-0.15, -0.1) is 0 Å². The Labute approximate surface area is 99.6 Å². The van der Waals surface area contributed by atoms with Crippen molar-refractivity contribution in [2.24, 2.45) is 11.8 Å². The summed E-state index contributed by atoms with van der Waals surface area (Å²) in [6.07, 6.45) is 5.97. The summed E-state index contributed by atoms with van der Waals surface area (Å²) in [6.45, 7) is 0.995. The Morgan fingerprint density at radius 2 is 2.19 bits per heavy atom. The molecular weight excluding hydrogens is 222 g/mol. The Morgan fingerprint density at radius 3 is 2.75 bits per heavy atom. The molecule has 16 heavy (non-hydrogen) atoms. The fraction of sp³-hybridized carbons (Fsp3) is 0.600. The van der Waals surface area contributed by atoms with Crippen LogP contribution in [0.15, 0.2) is 11.2 Å². The van der Waals surface area contributed by atoms with E-state index in [1.165, 1.54) is 31.0 Å². The number of thioether (sulfide) groups is 1. The fourth-order valence-electron chi connectivity index (χ4n) is 1.63. The van der Waals surface area contributed by atoms with Crippen molar-refractivity contribution >= 4 is 23.4 Å². The second-order valence-electron chi connectivity index (χ2n) is 3.95. The van der Waals surface area contributed by atoms with Crippen LogP contribution in [0.5, 0.6) is 0 Å². The molecule has 1 aliphatic carbocycles. The molecular formula is C10H17N5S. The molecule has 5 nitrogen and oxygen atoms in total. The third-order valence-electron chi connectivity index (χ3n) is 2.83. The van der Waals surface area contributed by atoms with Gasteiger partial charge in [0.25, 0.3) is 0 Å². The number of rotatable bonds is 5. The van der Waals surface area contributed by atoms with E-state index >= 15 is 0 Å². The molecule has 0 radical (unpaired) electrons. The first-order chi connectivity index (χ1) is 7.81. The molecule has 88 valence electrons. The van der Waals surface area contributed by atoms with Crippen LogP contribution < -0.4 is 16.6 Å². The number of hydrogen-bond donors (Lipinski definition) is 3. The summed E-state index contributed by atoms with van der Waals surface area (Å²) in [5.41, 5.74) is 2.55. The number of nitrogen functional groups attached to an aromatic ring is 1. The number of anilines is 2. The van der Waals surface area contributed by atoms with E-state index in [4.69, 9.17) is 5.84 Å². The Morgan fingerprint density at radius 1 is 1.44 bits per heavy atom. The minimum atomic E-state index is 0.649. The molecule has 0 aliphatic heterocycles. The highest BCUT2D eigenvalue weighted by molar-refractivity contribution is 7.98. The van der Waals surface area contributed by atoms with Gasteiger partial charge in [-0.1, -0.05) is 18.2 Å². The largest absolute Gasteiger partial charge is 0.370 e. The van der Waals surface area contributed by atoms with Crippen LogP contribution in [-0.2, 0) is 0 Å². The number of hydrogen-bond acceptors (Lipinski definition) is 6. The van der Waals surface area contributed by atoms with E-state index in [1.54, 1.807) is 0 Å². The minimum absolute atomic E-state index is 0.649. The van der Waals surface area contributed by atoms with Gasteiger partial charge in [-0.05, 0) is 25.0 Å². The topological polar surface area (TPSA) is 75.9 Å². The van der Waals surface area contributed by atoms with Gasteiger partial charge in [-0.25, -0.2) is 15.8 Å². The van der Waals surface area contributed by atoms with E-state index in [0.29, 0.717) is 5.82 Å². The number of nitrogens with one attached hydrogen (secondary N) is 2. The van der Waals surface area contributed by atoms with Crippen molar-refractivity contribution in [3.05, 3.63) is 6.07 Å². The van der Waals surface area contributed by atoms with Crippen molar-refractivity contribution in [1.82, 2.24) is 9.97 Å². The molecule has 0 saturated heterocycles. The zero-order valence-corrected chi connectivity index (χ0v) is 10.2. The molecule has 1 saturated carbocycles. The molecule has 1 fully saturated rings. The molecule has 1 aromatic rings. The first-order valence-corrected chi connectivity index (χ1v) is 6.68. The van der Waals surface area contributed by atoms with Gasteiger partial charge in [0.05, 0.1) is 0 Å². The SMILES string of the molecule is CSc1nc(NN)cc(NCC2CCC2)n1. The molecule has 0 spiro atoms. The van der Waals surface area contributed by atoms with Gasteiger partial charge in [0, 0.05) is 12.6 Å². The molecule has 2 rings (SSSR count). The number of hydrazine groups is 1. The van der Waals surface area contributed by atoms with E-state index in [1.807, 2.05) is 12.3 Å². The van der Waals surface area contributed by atoms with Gasteiger partial charge < -0.3 is 10.7 Å². The summed E-state index contributed by atoms with van der Waals surface area (Å²) in [4.78, 5) is 8.58. The van der Waals surface area contributed by atoms with Gasteiger partial charge in [0.1, 0.15) is 11.6 Å². The van der Waals surface area contributed by atoms with Crippen LogP contribution in [0.25, 0.3) is 0 Å². The minimum Gasteiger partial charge on any atom is -0.370 e. The van der Waals surface area contributed by atoms with Crippen LogP contribution in [0.1, 0.15) is 19.3 Å². The second-order valence-corrected chi connectivity index (χ2v) is 4.72. The van der Waals surface area contributed by atoms with Crippen molar-refractivity contribution in [2.45, 2.75) is 24.4 Å². The Kier molecular flexibility index (Phi) is 3.84. The van der Waals surface area contributed by atoms with Crippen LogP contribution in [0.2, 0.25) is 0 Å². The lowest BCUT2D eigenvalue weighted by Gasteiger charge is -2.25. The Bertz CT molecular complexity index is 331. The van der Waals surface area contributed by atoms with E-state index in [9.17, 15) is 0 Å². The Hall–Kier alpha value is -1.01. The van der Waals surface area contributed by atoms with Crippen molar-refractivity contribution in [2.75, 3.05) is 23.5 Å². The van der Waals surface area contributed by atoms with Gasteiger partial charge in [0.2, 0.25) is 0 Å². The lowest BCUT2D eigenvalue weighted by atomic mass is 9.85. The summed E-state index contributed by atoms with van der Waals surface area (Å²) in [7, 11) is 0. The molecule has 0 bridgehead atoms. The second kappa shape index (κ2) is 5.36. The summed E-state index contributed by atoms with van der Waals surface area (Å²) >= 11 is 1.51. The third-order valence-corrected chi connectivity index (χ3v) is 3.38. The smallest absolute Gasteiger partial charge is 0.191 e.